The Bertz CT molecular complexity index is 1510. The summed E-state index contributed by atoms with van der Waals surface area (Å²) in [5, 5.41) is 37.4. The van der Waals surface area contributed by atoms with Crippen LogP contribution in [0, 0.1) is 11.3 Å². The van der Waals surface area contributed by atoms with Crippen LogP contribution in [0.3, 0.4) is 0 Å². The third kappa shape index (κ3) is 5.85. The SMILES string of the molecule is CCCOC(=O)[C@H](C)NP(=O)(OC[C@H]1O[C@@](C#N)(c2cnc3c(O)nc(N)nn23)[C@@](F)(Br)C1O)Oc1ccccc1. The molecule has 1 saturated heterocycles. The van der Waals surface area contributed by atoms with Gasteiger partial charge < -0.3 is 29.9 Å². The summed E-state index contributed by atoms with van der Waals surface area (Å²) in [5.41, 5.74) is 2.35. The number of nitrogen functional groups attached to an aromatic ring is 1. The van der Waals surface area contributed by atoms with Gasteiger partial charge in [0.15, 0.2) is 0 Å². The van der Waals surface area contributed by atoms with E-state index in [4.69, 9.17) is 24.3 Å². The normalized spacial score (nSPS) is 26.2. The van der Waals surface area contributed by atoms with Crippen molar-refractivity contribution in [3.8, 4) is 17.7 Å². The van der Waals surface area contributed by atoms with Gasteiger partial charge in [-0.2, -0.15) is 15.3 Å². The smallest absolute Gasteiger partial charge is 0.459 e. The summed E-state index contributed by atoms with van der Waals surface area (Å²) in [6.07, 6.45) is -2.16. The maximum Gasteiger partial charge on any atom is 0.459 e. The summed E-state index contributed by atoms with van der Waals surface area (Å²) in [4.78, 5) is 19.8. The topological polar surface area (TPSA) is 216 Å². The number of aromatic nitrogens is 4. The number of nitrogens with one attached hydrogen (secondary N) is 1. The number of alkyl halides is 2. The number of carbonyl (C=O) groups is 1. The molecule has 1 fully saturated rings. The van der Waals surface area contributed by atoms with Crippen LogP contribution in [-0.4, -0.2) is 71.8 Å². The molecular weight excluding hydrogens is 632 g/mol. The predicted octanol–water partition coefficient (Wildman–Crippen LogP) is 2.09. The molecule has 4 rings (SSSR count). The molecule has 5 N–H and O–H groups in total. The first kappa shape index (κ1) is 30.6. The fourth-order valence-electron chi connectivity index (χ4n) is 3.95. The van der Waals surface area contributed by atoms with E-state index >= 15 is 4.39 Å². The Labute approximate surface area is 241 Å². The number of esters is 1. The average molecular weight is 658 g/mol. The molecule has 41 heavy (non-hydrogen) atoms. The lowest BCUT2D eigenvalue weighted by atomic mass is 9.94. The minimum atomic E-state index is -4.42. The number of aliphatic hydroxyl groups is 1. The lowest BCUT2D eigenvalue weighted by Crippen LogP contribution is -2.46. The van der Waals surface area contributed by atoms with Crippen molar-refractivity contribution in [3.05, 3.63) is 42.2 Å². The number of nitriles is 1. The molecule has 2 aromatic heterocycles. The molecular formula is C23H26BrFN7O8P. The van der Waals surface area contributed by atoms with Gasteiger partial charge in [-0.05, 0) is 41.4 Å². The summed E-state index contributed by atoms with van der Waals surface area (Å²) in [7, 11) is -4.42. The molecule has 3 aromatic rings. The number of aromatic hydroxyl groups is 1. The van der Waals surface area contributed by atoms with Crippen LogP contribution in [0.15, 0.2) is 36.5 Å². The molecule has 0 saturated carbocycles. The second-order valence-electron chi connectivity index (χ2n) is 8.91. The number of aliphatic hydroxyl groups excluding tert-OH is 1. The van der Waals surface area contributed by atoms with Gasteiger partial charge >= 0.3 is 13.7 Å². The van der Waals surface area contributed by atoms with E-state index in [9.17, 15) is 24.8 Å². The van der Waals surface area contributed by atoms with Crippen LogP contribution in [0.25, 0.3) is 5.65 Å². The largest absolute Gasteiger partial charge is 0.491 e. The molecule has 0 bridgehead atoms. The number of carbonyl (C=O) groups excluding carboxylic acids is 1. The van der Waals surface area contributed by atoms with Crippen molar-refractivity contribution in [1.29, 1.82) is 5.26 Å². The lowest BCUT2D eigenvalue weighted by molar-refractivity contribution is -0.145. The highest BCUT2D eigenvalue weighted by molar-refractivity contribution is 9.10. The van der Waals surface area contributed by atoms with E-state index in [2.05, 4.69) is 36.1 Å². The zero-order valence-electron chi connectivity index (χ0n) is 21.7. The van der Waals surface area contributed by atoms with Crippen molar-refractivity contribution < 1.29 is 42.5 Å². The second kappa shape index (κ2) is 11.8. The van der Waals surface area contributed by atoms with E-state index in [-0.39, 0.29) is 23.7 Å². The van der Waals surface area contributed by atoms with E-state index in [1.54, 1.807) is 31.2 Å². The Morgan fingerprint density at radius 3 is 2.80 bits per heavy atom. The van der Waals surface area contributed by atoms with Crippen molar-refractivity contribution >= 4 is 41.2 Å². The number of nitrogens with zero attached hydrogens (tertiary/aromatic N) is 5. The van der Waals surface area contributed by atoms with Crippen LogP contribution in [0.4, 0.5) is 10.3 Å². The number of hydrogen-bond donors (Lipinski definition) is 4. The molecule has 0 radical (unpaired) electrons. The average Bonchev–Trinajstić information content (AvgIpc) is 3.44. The number of fused-ring (bicyclic) bond motifs is 1. The quantitative estimate of drug-likeness (QED) is 0.132. The lowest BCUT2D eigenvalue weighted by Gasteiger charge is -2.28. The van der Waals surface area contributed by atoms with Gasteiger partial charge in [-0.3, -0.25) is 9.32 Å². The zero-order valence-corrected chi connectivity index (χ0v) is 24.2. The molecule has 1 aliphatic rings. The number of benzene rings is 1. The van der Waals surface area contributed by atoms with Crippen molar-refractivity contribution in [2.75, 3.05) is 18.9 Å². The first-order chi connectivity index (χ1) is 19.4. The third-order valence-electron chi connectivity index (χ3n) is 5.93. The van der Waals surface area contributed by atoms with Crippen LogP contribution < -0.4 is 15.3 Å². The van der Waals surface area contributed by atoms with Crippen molar-refractivity contribution in [2.45, 2.75) is 48.7 Å². The Balaban J connectivity index is 1.62. The van der Waals surface area contributed by atoms with Crippen LogP contribution in [0.5, 0.6) is 11.6 Å². The third-order valence-corrected chi connectivity index (χ3v) is 8.60. The van der Waals surface area contributed by atoms with Crippen LogP contribution >= 0.6 is 23.7 Å². The molecule has 0 aliphatic carbocycles. The summed E-state index contributed by atoms with van der Waals surface area (Å²) in [6, 6.07) is 8.40. The highest BCUT2D eigenvalue weighted by Crippen LogP contribution is 2.54. The standard InChI is InChI=1S/C23H26BrFN7O8P/c1-3-9-37-20(35)13(2)31-41(36,40-14-7-5-4-6-8-14)38-11-15-17(33)23(24,25)22(12-26,39-15)16-10-28-18-19(34)29-21(27)30-32(16)18/h4-8,10,13,15,17,33H,3,9,11H2,1-2H3,(H,31,36)(H3,27,29,30,34)/t13-,15+,17?,22-,23+,41?/m0/s1. The van der Waals surface area contributed by atoms with Gasteiger partial charge in [0.25, 0.3) is 5.88 Å². The van der Waals surface area contributed by atoms with E-state index in [0.717, 1.165) is 10.7 Å². The minimum absolute atomic E-state index is 0.111. The summed E-state index contributed by atoms with van der Waals surface area (Å²) >= 11 is 2.76. The number of halogens is 2. The molecule has 15 nitrogen and oxygen atoms in total. The Kier molecular flexibility index (Phi) is 8.83. The molecule has 220 valence electrons. The van der Waals surface area contributed by atoms with E-state index in [0.29, 0.717) is 6.42 Å². The van der Waals surface area contributed by atoms with Crippen LogP contribution in [0.2, 0.25) is 0 Å². The van der Waals surface area contributed by atoms with Gasteiger partial charge in [-0.25, -0.2) is 18.5 Å². The molecule has 2 unspecified atom stereocenters. The van der Waals surface area contributed by atoms with Crippen LogP contribution in [0.1, 0.15) is 26.0 Å². The molecule has 6 atom stereocenters. The zero-order chi connectivity index (χ0) is 30.0. The maximum atomic E-state index is 16.2. The second-order valence-corrected chi connectivity index (χ2v) is 11.8. The van der Waals surface area contributed by atoms with E-state index in [1.807, 2.05) is 0 Å². The first-order valence-electron chi connectivity index (χ1n) is 12.2. The maximum absolute atomic E-state index is 16.2. The summed E-state index contributed by atoms with van der Waals surface area (Å²) in [6.45, 7) is 2.53. The van der Waals surface area contributed by atoms with Crippen molar-refractivity contribution in [3.63, 3.8) is 0 Å². The van der Waals surface area contributed by atoms with Gasteiger partial charge in [0.1, 0.15) is 35.8 Å². The Hall–Kier alpha value is -3.39. The molecule has 0 amide bonds. The summed E-state index contributed by atoms with van der Waals surface area (Å²) in [5.74, 6) is -1.68. The highest BCUT2D eigenvalue weighted by Gasteiger charge is 2.69. The molecule has 1 aromatic carbocycles. The van der Waals surface area contributed by atoms with Crippen molar-refractivity contribution in [2.24, 2.45) is 0 Å². The Morgan fingerprint density at radius 1 is 1.44 bits per heavy atom. The van der Waals surface area contributed by atoms with Gasteiger partial charge in [0.2, 0.25) is 21.8 Å². The van der Waals surface area contributed by atoms with Crippen molar-refractivity contribution in [1.82, 2.24) is 24.7 Å². The first-order valence-corrected chi connectivity index (χ1v) is 14.5. The monoisotopic (exact) mass is 657 g/mol. The number of imidazole rings is 1. The highest BCUT2D eigenvalue weighted by atomic mass is 79.9. The fraction of sp³-hybridized carbons (Fsp3) is 0.435. The number of hydrogen-bond acceptors (Lipinski definition) is 13. The molecule has 18 heteroatoms. The van der Waals surface area contributed by atoms with Gasteiger partial charge in [-0.1, -0.05) is 25.1 Å². The Morgan fingerprint density at radius 2 is 2.15 bits per heavy atom. The predicted molar refractivity (Wildman–Crippen MR) is 142 cm³/mol. The summed E-state index contributed by atoms with van der Waals surface area (Å²) < 4.78 is 49.6. The minimum Gasteiger partial charge on any atom is -0.491 e. The molecule has 0 spiro atoms. The number of ether oxygens (including phenoxy) is 2. The van der Waals surface area contributed by atoms with Gasteiger partial charge in [0.05, 0.1) is 19.4 Å². The molecule has 3 heterocycles. The van der Waals surface area contributed by atoms with Crippen LogP contribution in [-0.2, 0) is 29.0 Å². The number of anilines is 1. The van der Waals surface area contributed by atoms with E-state index < -0.39 is 60.6 Å². The van der Waals surface area contributed by atoms with Gasteiger partial charge in [0, 0.05) is 0 Å². The number of nitrogens with two attached hydrogens (primary N) is 1. The molecule has 1 aliphatic heterocycles. The van der Waals surface area contributed by atoms with Gasteiger partial charge in [-0.15, -0.1) is 5.10 Å². The fourth-order valence-corrected chi connectivity index (χ4v) is 6.13. The number of rotatable bonds is 11. The number of para-hydroxylation sites is 1. The van der Waals surface area contributed by atoms with E-state index in [1.165, 1.54) is 19.1 Å².